The highest BCUT2D eigenvalue weighted by Gasteiger charge is 2.60. The minimum absolute atomic E-state index is 0.00215. The van der Waals surface area contributed by atoms with Crippen LogP contribution in [0.15, 0.2) is 30.6 Å². The molecule has 2 aliphatic carbocycles. The summed E-state index contributed by atoms with van der Waals surface area (Å²) >= 11 is 6.41. The summed E-state index contributed by atoms with van der Waals surface area (Å²) in [5.41, 5.74) is -2.52. The first-order chi connectivity index (χ1) is 25.6. The van der Waals surface area contributed by atoms with Gasteiger partial charge in [0.05, 0.1) is 46.7 Å². The molecular weight excluding hydrogens is 761 g/mol. The number of nitrogens with one attached hydrogen (secondary N) is 3. The summed E-state index contributed by atoms with van der Waals surface area (Å²) in [7, 11) is 1.29. The summed E-state index contributed by atoms with van der Waals surface area (Å²) in [4.78, 5) is 58.5. The number of amides is 5. The number of piperidine rings is 1. The number of fused-ring (bicyclic) bond motifs is 1. The van der Waals surface area contributed by atoms with Crippen LogP contribution in [0.25, 0.3) is 11.3 Å². The van der Waals surface area contributed by atoms with E-state index >= 15 is 0 Å². The van der Waals surface area contributed by atoms with Crippen LogP contribution >= 0.6 is 11.6 Å². The Morgan fingerprint density at radius 2 is 1.67 bits per heavy atom. The van der Waals surface area contributed by atoms with Crippen LogP contribution in [-0.4, -0.2) is 114 Å². The van der Waals surface area contributed by atoms with E-state index in [0.29, 0.717) is 17.8 Å². The number of aliphatic hydroxyl groups excluding tert-OH is 1. The third-order valence-electron chi connectivity index (χ3n) is 10.1. The van der Waals surface area contributed by atoms with Crippen molar-refractivity contribution >= 4 is 41.2 Å². The molecule has 21 heteroatoms. The van der Waals surface area contributed by atoms with Crippen molar-refractivity contribution < 1.29 is 51.0 Å². The van der Waals surface area contributed by atoms with Gasteiger partial charge in [0.15, 0.2) is 11.5 Å². The number of anilines is 1. The van der Waals surface area contributed by atoms with Gasteiger partial charge in [-0.3, -0.25) is 14.3 Å². The zero-order chi connectivity index (χ0) is 39.9. The molecule has 7 rings (SSSR count). The number of aliphatic hydroxyl groups is 1. The number of urea groups is 1. The largest absolute Gasteiger partial charge is 0.444 e. The normalized spacial score (nSPS) is 25.4. The van der Waals surface area contributed by atoms with Gasteiger partial charge in [0, 0.05) is 62.9 Å². The van der Waals surface area contributed by atoms with Crippen LogP contribution < -0.4 is 16.0 Å². The molecule has 0 bridgehead atoms. The van der Waals surface area contributed by atoms with E-state index in [-0.39, 0.29) is 58.8 Å². The van der Waals surface area contributed by atoms with Crippen LogP contribution in [0.4, 0.5) is 37.2 Å². The predicted molar refractivity (Wildman–Crippen MR) is 183 cm³/mol. The summed E-state index contributed by atoms with van der Waals surface area (Å²) in [6, 6.07) is 1.35. The van der Waals surface area contributed by atoms with Gasteiger partial charge in [-0.25, -0.2) is 23.4 Å². The van der Waals surface area contributed by atoms with Gasteiger partial charge in [0.1, 0.15) is 11.6 Å². The van der Waals surface area contributed by atoms with Crippen molar-refractivity contribution in [2.24, 2.45) is 18.9 Å². The Hall–Kier alpha value is -4.98. The lowest BCUT2D eigenvalue weighted by molar-refractivity contribution is -0.141. The van der Waals surface area contributed by atoms with Crippen molar-refractivity contribution in [1.29, 1.82) is 0 Å². The maximum Gasteiger partial charge on any atom is 0.435 e. The molecule has 0 spiro atoms. The summed E-state index contributed by atoms with van der Waals surface area (Å²) in [6.45, 7) is 6.06. The second-order valence-electron chi connectivity index (χ2n) is 15.3. The summed E-state index contributed by atoms with van der Waals surface area (Å²) < 4.78 is 75.6. The highest BCUT2D eigenvalue weighted by Crippen LogP contribution is 2.53. The predicted octanol–water partition coefficient (Wildman–Crippen LogP) is 4.14. The van der Waals surface area contributed by atoms with Crippen LogP contribution in [0.2, 0.25) is 5.02 Å². The lowest BCUT2D eigenvalue weighted by Crippen LogP contribution is -2.50. The quantitative estimate of drug-likeness (QED) is 0.258. The molecule has 4 heterocycles. The maximum atomic E-state index is 13.8. The van der Waals surface area contributed by atoms with Gasteiger partial charge in [-0.2, -0.15) is 18.3 Å². The number of alkyl halides is 5. The van der Waals surface area contributed by atoms with Crippen LogP contribution in [0.5, 0.6) is 0 Å². The highest BCUT2D eigenvalue weighted by atomic mass is 35.5. The number of halogens is 6. The monoisotopic (exact) mass is 797 g/mol. The fraction of sp³-hybridized carbons (Fsp3) is 0.529. The first kappa shape index (κ1) is 38.3. The van der Waals surface area contributed by atoms with Crippen molar-refractivity contribution in [3.05, 3.63) is 52.7 Å². The second-order valence-corrected chi connectivity index (χ2v) is 15.7. The molecule has 4 fully saturated rings. The van der Waals surface area contributed by atoms with Gasteiger partial charge in [0.25, 0.3) is 17.7 Å². The molecule has 4 N–H and O–H groups in total. The van der Waals surface area contributed by atoms with Gasteiger partial charge in [0.2, 0.25) is 0 Å². The number of carbonyl (C=O) groups is 4. The van der Waals surface area contributed by atoms with E-state index < -0.39 is 77.5 Å². The number of aromatic nitrogens is 4. The van der Waals surface area contributed by atoms with Crippen molar-refractivity contribution in [2.45, 2.75) is 69.1 Å². The Labute approximate surface area is 315 Å². The van der Waals surface area contributed by atoms with Gasteiger partial charge in [-0.15, -0.1) is 0 Å². The third kappa shape index (κ3) is 7.65. The summed E-state index contributed by atoms with van der Waals surface area (Å²) in [6.07, 6.45) is -5.26. The van der Waals surface area contributed by atoms with Gasteiger partial charge in [-0.1, -0.05) is 11.6 Å². The van der Waals surface area contributed by atoms with E-state index in [0.717, 1.165) is 17.0 Å². The number of β-amino-alcohol motifs (C(OH)–C–C–N with tert-alkyl or cyclic N) is 1. The first-order valence-electron chi connectivity index (χ1n) is 17.3. The molecular formula is C34H37ClF5N9O6. The second kappa shape index (κ2) is 13.3. The van der Waals surface area contributed by atoms with Gasteiger partial charge >= 0.3 is 18.3 Å². The number of carbonyl (C=O) groups excluding carboxylic acids is 4. The zero-order valence-corrected chi connectivity index (χ0v) is 30.6. The standard InChI is InChI=1S/C34H37ClF5N9O6/c1-32(2,3)55-31(54)48-13-21(23(50)14-48)43-30(53)47-10-17-18(11-47)25(17)44-28(51)16-6-5-15(7-20(16)35)42-29(52)27-41-9-22(46(27)4)19-12-49(24-8-33(24,36)37)45-26(19)34(38,39)40/h5-7,9,12,17-18,21,23-25,50H,8,10-11,13-14H2,1-4H3,(H,42,52)(H,43,53)(H,44,51)/t17-,18+,21-,23-,24-,25?/m0/s1. The molecule has 2 saturated heterocycles. The molecule has 1 aromatic carbocycles. The SMILES string of the molecule is Cn1c(-c2cn([C@H]3CC3(F)F)nc2C(F)(F)F)cnc1C(=O)Nc1ccc(C(=O)NC2[C@H]3CN(C(=O)N[C@H]4CN(C(=O)OC(C)(C)C)C[C@@H]4O)C[C@@H]23)c(Cl)c1. The number of rotatable bonds is 7. The lowest BCUT2D eigenvalue weighted by atomic mass is 10.2. The molecule has 2 aromatic heterocycles. The fourth-order valence-corrected chi connectivity index (χ4v) is 7.32. The topological polar surface area (TPSA) is 176 Å². The lowest BCUT2D eigenvalue weighted by Gasteiger charge is -2.25. The number of imidazole rings is 1. The van der Waals surface area contributed by atoms with Crippen molar-refractivity contribution in [3.8, 4) is 11.3 Å². The smallest absolute Gasteiger partial charge is 0.435 e. The van der Waals surface area contributed by atoms with E-state index in [1.165, 1.54) is 30.1 Å². The number of ether oxygens (including phenoxy) is 1. The molecule has 2 saturated carbocycles. The Morgan fingerprint density at radius 3 is 2.27 bits per heavy atom. The molecule has 4 aliphatic rings. The Balaban J connectivity index is 0.916. The molecule has 2 aliphatic heterocycles. The Kier molecular flexibility index (Phi) is 9.30. The summed E-state index contributed by atoms with van der Waals surface area (Å²) in [5, 5.41) is 22.1. The number of hydrogen-bond acceptors (Lipinski definition) is 8. The zero-order valence-electron chi connectivity index (χ0n) is 29.8. The van der Waals surface area contributed by atoms with Crippen LogP contribution in [0.1, 0.15) is 59.9 Å². The molecule has 1 unspecified atom stereocenters. The third-order valence-corrected chi connectivity index (χ3v) is 10.4. The van der Waals surface area contributed by atoms with Gasteiger partial charge < -0.3 is 40.2 Å². The molecule has 15 nitrogen and oxygen atoms in total. The van der Waals surface area contributed by atoms with Crippen molar-refractivity contribution in [1.82, 2.24) is 39.8 Å². The Bertz CT molecular complexity index is 2050. The van der Waals surface area contributed by atoms with E-state index in [4.69, 9.17) is 16.3 Å². The number of nitrogens with zero attached hydrogens (tertiary/aromatic N) is 6. The van der Waals surface area contributed by atoms with E-state index in [1.807, 2.05) is 0 Å². The number of benzene rings is 1. The van der Waals surface area contributed by atoms with Crippen LogP contribution in [0.3, 0.4) is 0 Å². The highest BCUT2D eigenvalue weighted by molar-refractivity contribution is 6.34. The van der Waals surface area contributed by atoms with Crippen molar-refractivity contribution in [3.63, 3.8) is 0 Å². The van der Waals surface area contributed by atoms with E-state index in [2.05, 4.69) is 26.0 Å². The fourth-order valence-electron chi connectivity index (χ4n) is 7.06. The molecule has 6 atom stereocenters. The van der Waals surface area contributed by atoms with Crippen LogP contribution in [0, 0.1) is 11.8 Å². The molecule has 55 heavy (non-hydrogen) atoms. The summed E-state index contributed by atoms with van der Waals surface area (Å²) in [5.74, 6) is -4.77. The van der Waals surface area contributed by atoms with E-state index in [1.54, 1.807) is 25.7 Å². The van der Waals surface area contributed by atoms with Crippen LogP contribution in [-0.2, 0) is 18.0 Å². The minimum Gasteiger partial charge on any atom is -0.444 e. The molecule has 3 aromatic rings. The molecule has 296 valence electrons. The number of likely N-dealkylation sites (tertiary alicyclic amines) is 2. The average molecular weight is 798 g/mol. The first-order valence-corrected chi connectivity index (χ1v) is 17.7. The minimum atomic E-state index is -4.96. The molecule has 0 radical (unpaired) electrons. The maximum absolute atomic E-state index is 13.8. The number of hydrogen-bond donors (Lipinski definition) is 4. The Morgan fingerprint density at radius 1 is 1.00 bits per heavy atom. The van der Waals surface area contributed by atoms with Gasteiger partial charge in [-0.05, 0) is 39.0 Å². The van der Waals surface area contributed by atoms with E-state index in [9.17, 15) is 46.2 Å². The average Bonchev–Trinajstić information content (AvgIpc) is 3.52. The molecule has 5 amide bonds. The van der Waals surface area contributed by atoms with Crippen molar-refractivity contribution in [2.75, 3.05) is 31.5 Å².